The van der Waals surface area contributed by atoms with Gasteiger partial charge >= 0.3 is 13.1 Å². The highest BCUT2D eigenvalue weighted by molar-refractivity contribution is 6.47. The zero-order chi connectivity index (χ0) is 15.2. The van der Waals surface area contributed by atoms with E-state index in [9.17, 15) is 9.59 Å². The lowest BCUT2D eigenvalue weighted by Gasteiger charge is -2.57. The molecule has 7 nitrogen and oxygen atoms in total. The number of nitrogens with zero attached hydrogens (tertiary/aromatic N) is 2. The number of carbonyl (C=O) groups excluding carboxylic acids is 2. The Morgan fingerprint density at radius 3 is 2.48 bits per heavy atom. The molecule has 21 heavy (non-hydrogen) atoms. The second-order valence-corrected chi connectivity index (χ2v) is 6.56. The quantitative estimate of drug-likeness (QED) is 0.564. The summed E-state index contributed by atoms with van der Waals surface area (Å²) in [7, 11) is -1.38. The number of primary amides is 1. The molecule has 2 heterocycles. The standard InChI is InChI=1S/C13H20BN3O4/c15-11(18)10-1-2-16(6-10)12(19)17-7-13(8-17)3-9(4-13)5-14(20)21/h5,10,20-21H,1-4,6-8H2,(H2,15,18)/t10-/m0/s1. The molecule has 2 saturated heterocycles. The summed E-state index contributed by atoms with van der Waals surface area (Å²) in [5.41, 5.74) is 6.46. The molecule has 1 atom stereocenters. The highest BCUT2D eigenvalue weighted by atomic mass is 16.4. The van der Waals surface area contributed by atoms with Crippen molar-refractivity contribution < 1.29 is 19.6 Å². The maximum Gasteiger partial charge on any atom is 0.480 e. The molecule has 1 saturated carbocycles. The second-order valence-electron chi connectivity index (χ2n) is 6.56. The van der Waals surface area contributed by atoms with Gasteiger partial charge < -0.3 is 25.6 Å². The predicted molar refractivity (Wildman–Crippen MR) is 75.8 cm³/mol. The molecule has 0 aromatic rings. The number of likely N-dealkylation sites (tertiary alicyclic amines) is 2. The summed E-state index contributed by atoms with van der Waals surface area (Å²) < 4.78 is 0. The second kappa shape index (κ2) is 5.03. The van der Waals surface area contributed by atoms with Gasteiger partial charge in [0.15, 0.2) is 0 Å². The van der Waals surface area contributed by atoms with Crippen LogP contribution >= 0.6 is 0 Å². The summed E-state index contributed by atoms with van der Waals surface area (Å²) in [5.74, 6) is 0.920. The average molecular weight is 293 g/mol. The van der Waals surface area contributed by atoms with Crippen LogP contribution in [0.3, 0.4) is 0 Å². The number of hydrogen-bond donors (Lipinski definition) is 3. The lowest BCUT2D eigenvalue weighted by atomic mass is 9.59. The Labute approximate surface area is 123 Å². The van der Waals surface area contributed by atoms with Gasteiger partial charge in [-0.2, -0.15) is 0 Å². The number of allylic oxidation sites excluding steroid dienone is 1. The molecule has 0 bridgehead atoms. The molecule has 0 unspecified atom stereocenters. The van der Waals surface area contributed by atoms with Gasteiger partial charge in [-0.3, -0.25) is 4.79 Å². The molecular weight excluding hydrogens is 273 g/mol. The summed E-state index contributed by atoms with van der Waals surface area (Å²) in [6, 6.07) is -0.0102. The van der Waals surface area contributed by atoms with Gasteiger partial charge in [-0.1, -0.05) is 11.5 Å². The van der Waals surface area contributed by atoms with Crippen LogP contribution in [0, 0.1) is 11.3 Å². The van der Waals surface area contributed by atoms with E-state index in [1.54, 1.807) is 9.80 Å². The van der Waals surface area contributed by atoms with Crippen molar-refractivity contribution in [2.75, 3.05) is 26.2 Å². The molecule has 0 aromatic heterocycles. The van der Waals surface area contributed by atoms with Crippen LogP contribution in [0.1, 0.15) is 19.3 Å². The molecule has 3 rings (SSSR count). The summed E-state index contributed by atoms with van der Waals surface area (Å²) in [5, 5.41) is 17.7. The van der Waals surface area contributed by atoms with Crippen LogP contribution < -0.4 is 5.73 Å². The van der Waals surface area contributed by atoms with Crippen LogP contribution in [0.5, 0.6) is 0 Å². The van der Waals surface area contributed by atoms with Gasteiger partial charge in [0.05, 0.1) is 5.92 Å². The third-order valence-corrected chi connectivity index (χ3v) is 4.77. The minimum atomic E-state index is -1.38. The van der Waals surface area contributed by atoms with E-state index in [1.165, 1.54) is 5.98 Å². The fraction of sp³-hybridized carbons (Fsp3) is 0.692. The fourth-order valence-corrected chi connectivity index (χ4v) is 3.73. The normalized spacial score (nSPS) is 26.4. The summed E-state index contributed by atoms with van der Waals surface area (Å²) in [6.45, 7) is 2.45. The van der Waals surface area contributed by atoms with Crippen molar-refractivity contribution in [3.63, 3.8) is 0 Å². The van der Waals surface area contributed by atoms with E-state index in [0.717, 1.165) is 18.4 Å². The topological polar surface area (TPSA) is 107 Å². The first-order chi connectivity index (χ1) is 9.88. The zero-order valence-corrected chi connectivity index (χ0v) is 11.9. The lowest BCUT2D eigenvalue weighted by molar-refractivity contribution is -0.121. The summed E-state index contributed by atoms with van der Waals surface area (Å²) >= 11 is 0. The molecule has 0 radical (unpaired) electrons. The smallest absolute Gasteiger partial charge is 0.424 e. The Balaban J connectivity index is 1.47. The maximum atomic E-state index is 12.3. The largest absolute Gasteiger partial charge is 0.480 e. The molecule has 1 aliphatic carbocycles. The van der Waals surface area contributed by atoms with Gasteiger partial charge in [-0.05, 0) is 19.3 Å². The van der Waals surface area contributed by atoms with Crippen LogP contribution in [0.4, 0.5) is 4.79 Å². The Bertz CT molecular complexity index is 492. The Hall–Kier alpha value is -1.54. The molecule has 4 N–H and O–H groups in total. The Kier molecular flexibility index (Phi) is 3.45. The van der Waals surface area contributed by atoms with Crippen molar-refractivity contribution in [3.8, 4) is 0 Å². The third kappa shape index (κ3) is 2.65. The van der Waals surface area contributed by atoms with Crippen LogP contribution in [-0.4, -0.2) is 65.1 Å². The van der Waals surface area contributed by atoms with E-state index in [-0.39, 0.29) is 23.3 Å². The molecular formula is C13H20BN3O4. The monoisotopic (exact) mass is 293 g/mol. The van der Waals surface area contributed by atoms with E-state index >= 15 is 0 Å². The van der Waals surface area contributed by atoms with Crippen LogP contribution in [0.15, 0.2) is 11.5 Å². The summed E-state index contributed by atoms with van der Waals surface area (Å²) in [6.07, 6.45) is 2.32. The lowest BCUT2D eigenvalue weighted by Crippen LogP contribution is -2.64. The van der Waals surface area contributed by atoms with Crippen molar-refractivity contribution in [3.05, 3.63) is 11.5 Å². The van der Waals surface area contributed by atoms with E-state index < -0.39 is 7.12 Å². The van der Waals surface area contributed by atoms with Crippen LogP contribution in [0.2, 0.25) is 0 Å². The number of urea groups is 1. The molecule has 3 fully saturated rings. The van der Waals surface area contributed by atoms with Gasteiger partial charge in [-0.25, -0.2) is 4.79 Å². The molecule has 3 aliphatic rings. The van der Waals surface area contributed by atoms with Crippen molar-refractivity contribution in [1.29, 1.82) is 0 Å². The van der Waals surface area contributed by atoms with Crippen LogP contribution in [0.25, 0.3) is 0 Å². The molecule has 0 aromatic carbocycles. The number of carbonyl (C=O) groups is 2. The first-order valence-corrected chi connectivity index (χ1v) is 7.27. The first-order valence-electron chi connectivity index (χ1n) is 7.27. The van der Waals surface area contributed by atoms with Crippen molar-refractivity contribution >= 4 is 19.1 Å². The maximum absolute atomic E-state index is 12.3. The average Bonchev–Trinajstić information content (AvgIpc) is 2.78. The number of hydrogen-bond acceptors (Lipinski definition) is 4. The molecule has 3 amide bonds. The molecule has 2 aliphatic heterocycles. The van der Waals surface area contributed by atoms with Crippen molar-refractivity contribution in [1.82, 2.24) is 9.80 Å². The van der Waals surface area contributed by atoms with E-state index in [2.05, 4.69) is 0 Å². The highest BCUT2D eigenvalue weighted by Gasteiger charge is 2.52. The Morgan fingerprint density at radius 2 is 1.95 bits per heavy atom. The third-order valence-electron chi connectivity index (χ3n) is 4.77. The molecule has 114 valence electrons. The van der Waals surface area contributed by atoms with E-state index in [0.29, 0.717) is 32.6 Å². The number of nitrogens with two attached hydrogens (primary N) is 1. The van der Waals surface area contributed by atoms with Gasteiger partial charge in [0.2, 0.25) is 5.91 Å². The van der Waals surface area contributed by atoms with Gasteiger partial charge in [0.1, 0.15) is 0 Å². The van der Waals surface area contributed by atoms with Gasteiger partial charge in [0, 0.05) is 31.6 Å². The summed E-state index contributed by atoms with van der Waals surface area (Å²) in [4.78, 5) is 26.9. The number of rotatable bonds is 2. The van der Waals surface area contributed by atoms with Crippen molar-refractivity contribution in [2.45, 2.75) is 19.3 Å². The fourth-order valence-electron chi connectivity index (χ4n) is 3.73. The Morgan fingerprint density at radius 1 is 1.29 bits per heavy atom. The molecule has 1 spiro atoms. The van der Waals surface area contributed by atoms with Gasteiger partial charge in [0.25, 0.3) is 0 Å². The van der Waals surface area contributed by atoms with Gasteiger partial charge in [-0.15, -0.1) is 0 Å². The minimum Gasteiger partial charge on any atom is -0.424 e. The highest BCUT2D eigenvalue weighted by Crippen LogP contribution is 2.51. The number of amides is 3. The SMILES string of the molecule is NC(=O)[C@H]1CCN(C(=O)N2CC3(CC(=CB(O)O)C3)C2)C1. The predicted octanol–water partition coefficient (Wildman–Crippen LogP) is -1.05. The molecule has 8 heteroatoms. The van der Waals surface area contributed by atoms with E-state index in [4.69, 9.17) is 15.8 Å². The van der Waals surface area contributed by atoms with E-state index in [1.807, 2.05) is 0 Å². The first kappa shape index (κ1) is 14.4. The van der Waals surface area contributed by atoms with Crippen molar-refractivity contribution in [2.24, 2.45) is 17.1 Å². The van der Waals surface area contributed by atoms with Crippen LogP contribution in [-0.2, 0) is 4.79 Å². The zero-order valence-electron chi connectivity index (χ0n) is 11.9. The minimum absolute atomic E-state index is 0.0102.